The molecule has 254 valence electrons. The van der Waals surface area contributed by atoms with Crippen LogP contribution < -0.4 is 0 Å². The number of rotatable bonds is 4. The number of ether oxygens (including phenoxy) is 2. The van der Waals surface area contributed by atoms with Crippen molar-refractivity contribution in [1.82, 2.24) is 0 Å². The summed E-state index contributed by atoms with van der Waals surface area (Å²) in [7, 11) is 1.49. The molecule has 0 aromatic carbocycles. The quantitative estimate of drug-likeness (QED) is 0.289. The molecular formula is C41H60O5. The minimum Gasteiger partial charge on any atom is -0.468 e. The first kappa shape index (κ1) is 33.7. The average Bonchev–Trinajstić information content (AvgIpc) is 3.29. The first-order valence-electron chi connectivity index (χ1n) is 18.4. The van der Waals surface area contributed by atoms with E-state index >= 15 is 0 Å². The highest BCUT2D eigenvalue weighted by molar-refractivity contribution is 6.05. The SMILES string of the molecule is COC(=O)C12CCC3C(CCC4C3(C)CCC3C(C)(C)C(C5=CCC(C(=O)OC(C)(C)C)CC5)=CCC34C)C1=C(C(C)C)C(=O)C2. The highest BCUT2D eigenvalue weighted by atomic mass is 16.6. The molecule has 3 saturated carbocycles. The summed E-state index contributed by atoms with van der Waals surface area (Å²) in [5.74, 6) is 2.02. The van der Waals surface area contributed by atoms with Crippen molar-refractivity contribution in [2.24, 2.45) is 57.2 Å². The lowest BCUT2D eigenvalue weighted by atomic mass is 9.37. The third-order valence-corrected chi connectivity index (χ3v) is 14.2. The Morgan fingerprint density at radius 2 is 1.63 bits per heavy atom. The van der Waals surface area contributed by atoms with E-state index in [1.54, 1.807) is 0 Å². The zero-order valence-electron chi connectivity index (χ0n) is 30.4. The summed E-state index contributed by atoms with van der Waals surface area (Å²) in [4.78, 5) is 39.8. The van der Waals surface area contributed by atoms with E-state index in [0.717, 1.165) is 56.9 Å². The molecule has 0 aromatic rings. The Labute approximate surface area is 278 Å². The largest absolute Gasteiger partial charge is 0.468 e. The summed E-state index contributed by atoms with van der Waals surface area (Å²) in [5, 5.41) is 0. The molecule has 46 heavy (non-hydrogen) atoms. The molecule has 0 amide bonds. The van der Waals surface area contributed by atoms with Crippen molar-refractivity contribution >= 4 is 17.7 Å². The van der Waals surface area contributed by atoms with Crippen LogP contribution in [-0.2, 0) is 23.9 Å². The van der Waals surface area contributed by atoms with Gasteiger partial charge in [0.25, 0.3) is 0 Å². The Kier molecular flexibility index (Phi) is 8.20. The van der Waals surface area contributed by atoms with E-state index in [2.05, 4.69) is 53.7 Å². The summed E-state index contributed by atoms with van der Waals surface area (Å²) in [6.07, 6.45) is 15.3. The van der Waals surface area contributed by atoms with E-state index in [0.29, 0.717) is 30.1 Å². The van der Waals surface area contributed by atoms with Crippen LogP contribution in [0.15, 0.2) is 34.4 Å². The van der Waals surface area contributed by atoms with Gasteiger partial charge in [-0.15, -0.1) is 0 Å². The van der Waals surface area contributed by atoms with Crippen LogP contribution in [0, 0.1) is 57.2 Å². The molecule has 0 N–H and O–H groups in total. The van der Waals surface area contributed by atoms with E-state index in [4.69, 9.17) is 9.47 Å². The molecule has 0 aromatic heterocycles. The summed E-state index contributed by atoms with van der Waals surface area (Å²) in [6.45, 7) is 20.3. The van der Waals surface area contributed by atoms with Gasteiger partial charge in [-0.1, -0.05) is 53.7 Å². The number of ketones is 1. The predicted octanol–water partition coefficient (Wildman–Crippen LogP) is 9.35. The van der Waals surface area contributed by atoms with Crippen LogP contribution in [0.25, 0.3) is 0 Å². The maximum Gasteiger partial charge on any atom is 0.316 e. The van der Waals surface area contributed by atoms with Crippen molar-refractivity contribution in [2.45, 2.75) is 139 Å². The van der Waals surface area contributed by atoms with Crippen molar-refractivity contribution in [3.63, 3.8) is 0 Å². The second-order valence-electron chi connectivity index (χ2n) is 18.4. The number of hydrogen-bond donors (Lipinski definition) is 0. The maximum absolute atomic E-state index is 13.5. The zero-order chi connectivity index (χ0) is 33.6. The molecule has 5 heteroatoms. The van der Waals surface area contributed by atoms with Crippen LogP contribution in [0.1, 0.15) is 133 Å². The van der Waals surface area contributed by atoms with Crippen molar-refractivity contribution in [2.75, 3.05) is 7.11 Å². The van der Waals surface area contributed by atoms with E-state index in [1.807, 2.05) is 20.8 Å². The molecule has 6 aliphatic carbocycles. The number of carbonyl (C=O) groups is 3. The molecule has 3 fully saturated rings. The van der Waals surface area contributed by atoms with Gasteiger partial charge in [-0.2, -0.15) is 0 Å². The molecule has 6 aliphatic rings. The molecule has 0 bridgehead atoms. The third kappa shape index (κ3) is 4.94. The van der Waals surface area contributed by atoms with Crippen LogP contribution in [0.4, 0.5) is 0 Å². The number of Topliss-reactive ketones (excluding diaryl/α,β-unsaturated/α-hetero) is 1. The van der Waals surface area contributed by atoms with E-state index in [-0.39, 0.29) is 45.8 Å². The average molecular weight is 633 g/mol. The molecule has 6 rings (SSSR count). The molecular weight excluding hydrogens is 572 g/mol. The van der Waals surface area contributed by atoms with Gasteiger partial charge in [0, 0.05) is 6.42 Å². The molecule has 0 radical (unpaired) electrons. The molecule has 0 aliphatic heterocycles. The summed E-state index contributed by atoms with van der Waals surface area (Å²) >= 11 is 0. The summed E-state index contributed by atoms with van der Waals surface area (Å²) in [5.41, 5.74) is 4.37. The minimum atomic E-state index is -0.739. The fraction of sp³-hybridized carbons (Fsp3) is 0.780. The lowest BCUT2D eigenvalue weighted by molar-refractivity contribution is -0.169. The minimum absolute atomic E-state index is 0.0407. The highest BCUT2D eigenvalue weighted by Crippen LogP contribution is 2.73. The smallest absolute Gasteiger partial charge is 0.316 e. The van der Waals surface area contributed by atoms with E-state index in [9.17, 15) is 14.4 Å². The molecule has 8 unspecified atom stereocenters. The van der Waals surface area contributed by atoms with Crippen LogP contribution >= 0.6 is 0 Å². The predicted molar refractivity (Wildman–Crippen MR) is 182 cm³/mol. The van der Waals surface area contributed by atoms with Gasteiger partial charge in [0.2, 0.25) is 0 Å². The second kappa shape index (κ2) is 11.2. The van der Waals surface area contributed by atoms with Gasteiger partial charge < -0.3 is 9.47 Å². The Morgan fingerprint density at radius 1 is 0.913 bits per heavy atom. The van der Waals surface area contributed by atoms with Gasteiger partial charge >= 0.3 is 11.9 Å². The van der Waals surface area contributed by atoms with Crippen molar-refractivity contribution in [1.29, 1.82) is 0 Å². The maximum atomic E-state index is 13.5. The van der Waals surface area contributed by atoms with Crippen molar-refractivity contribution < 1.29 is 23.9 Å². The number of allylic oxidation sites excluding steroid dienone is 5. The zero-order valence-corrected chi connectivity index (χ0v) is 30.4. The molecule has 0 spiro atoms. The number of carbonyl (C=O) groups excluding carboxylic acids is 3. The standard InChI is InChI=1S/C41H60O5/c1-24(2)33-30(42)23-41(36(44)45-10)22-18-29-27(34(33)41)15-16-32-39(29,8)21-19-31-38(6,7)28(17-20-40(31,32)9)25-11-13-26(14-12-25)35(43)46-37(3,4)5/h11,17,24,26-27,29,31-32H,12-16,18-23H2,1-10H3. The molecule has 0 saturated heterocycles. The normalized spacial score (nSPS) is 40.2. The first-order valence-corrected chi connectivity index (χ1v) is 18.4. The van der Waals surface area contributed by atoms with Gasteiger partial charge in [0.1, 0.15) is 5.60 Å². The van der Waals surface area contributed by atoms with Gasteiger partial charge in [0.15, 0.2) is 5.78 Å². The molecule has 8 atom stereocenters. The Hall–Kier alpha value is -2.17. The van der Waals surface area contributed by atoms with Crippen LogP contribution in [0.2, 0.25) is 0 Å². The number of esters is 2. The van der Waals surface area contributed by atoms with Crippen LogP contribution in [0.3, 0.4) is 0 Å². The first-order chi connectivity index (χ1) is 21.4. The van der Waals surface area contributed by atoms with Gasteiger partial charge in [-0.05, 0) is 153 Å². The lowest BCUT2D eigenvalue weighted by Crippen LogP contribution is -2.60. The highest BCUT2D eigenvalue weighted by Gasteiger charge is 2.67. The van der Waals surface area contributed by atoms with Crippen LogP contribution in [0.5, 0.6) is 0 Å². The molecule has 0 heterocycles. The van der Waals surface area contributed by atoms with Gasteiger partial charge in [-0.25, -0.2) is 0 Å². The number of fused-ring (bicyclic) bond motifs is 7. The second-order valence-corrected chi connectivity index (χ2v) is 18.4. The lowest BCUT2D eigenvalue weighted by Gasteiger charge is -2.68. The fourth-order valence-electron chi connectivity index (χ4n) is 12.6. The Bertz CT molecular complexity index is 1400. The third-order valence-electron chi connectivity index (χ3n) is 14.2. The molecule has 5 nitrogen and oxygen atoms in total. The van der Waals surface area contributed by atoms with Crippen LogP contribution in [-0.4, -0.2) is 30.4 Å². The number of methoxy groups -OCH3 is 1. The fourth-order valence-corrected chi connectivity index (χ4v) is 12.6. The Balaban J connectivity index is 1.29. The van der Waals surface area contributed by atoms with E-state index < -0.39 is 11.0 Å². The monoisotopic (exact) mass is 632 g/mol. The van der Waals surface area contributed by atoms with Gasteiger partial charge in [-0.3, -0.25) is 14.4 Å². The van der Waals surface area contributed by atoms with E-state index in [1.165, 1.54) is 36.7 Å². The topological polar surface area (TPSA) is 69.7 Å². The van der Waals surface area contributed by atoms with Crippen molar-refractivity contribution in [3.8, 4) is 0 Å². The van der Waals surface area contributed by atoms with Gasteiger partial charge in [0.05, 0.1) is 18.4 Å². The number of hydrogen-bond acceptors (Lipinski definition) is 5. The Morgan fingerprint density at radius 3 is 2.24 bits per heavy atom. The summed E-state index contributed by atoms with van der Waals surface area (Å²) < 4.78 is 11.2. The summed E-state index contributed by atoms with van der Waals surface area (Å²) in [6, 6.07) is 0. The van der Waals surface area contributed by atoms with Crippen molar-refractivity contribution in [3.05, 3.63) is 34.4 Å².